The number of halogens is 3. The quantitative estimate of drug-likeness (QED) is 0.909. The van der Waals surface area contributed by atoms with Crippen molar-refractivity contribution in [2.75, 3.05) is 0 Å². The van der Waals surface area contributed by atoms with Crippen molar-refractivity contribution in [2.24, 2.45) is 0 Å². The normalized spacial score (nSPS) is 10.3. The standard InChI is InChI=1S/C14H9Cl2FO3/c15-9-2-3-10(14(18)19)13(6-9)20-7-8-1-4-11(16)12(17)5-8/h1-6H,7H2,(H,18,19). The van der Waals surface area contributed by atoms with Crippen LogP contribution in [0.1, 0.15) is 15.9 Å². The highest BCUT2D eigenvalue weighted by Crippen LogP contribution is 2.25. The predicted octanol–water partition coefficient (Wildman–Crippen LogP) is 4.41. The molecular formula is C14H9Cl2FO3. The number of carbonyl (C=O) groups is 1. The molecule has 0 saturated heterocycles. The van der Waals surface area contributed by atoms with Crippen LogP contribution in [0.3, 0.4) is 0 Å². The van der Waals surface area contributed by atoms with E-state index in [0.717, 1.165) is 0 Å². The molecule has 104 valence electrons. The Hall–Kier alpha value is -1.78. The van der Waals surface area contributed by atoms with Crippen molar-refractivity contribution >= 4 is 29.2 Å². The Labute approximate surface area is 124 Å². The van der Waals surface area contributed by atoms with Crippen LogP contribution in [-0.4, -0.2) is 11.1 Å². The van der Waals surface area contributed by atoms with Crippen molar-refractivity contribution < 1.29 is 19.0 Å². The maximum absolute atomic E-state index is 13.3. The predicted molar refractivity (Wildman–Crippen MR) is 74.2 cm³/mol. The smallest absolute Gasteiger partial charge is 0.339 e. The number of carboxylic acids is 1. The number of hydrogen-bond donors (Lipinski definition) is 1. The Kier molecular flexibility index (Phi) is 4.47. The van der Waals surface area contributed by atoms with Gasteiger partial charge in [0.15, 0.2) is 0 Å². The lowest BCUT2D eigenvalue weighted by molar-refractivity contribution is 0.0692. The Morgan fingerprint density at radius 2 is 1.95 bits per heavy atom. The zero-order valence-electron chi connectivity index (χ0n) is 10.1. The van der Waals surface area contributed by atoms with E-state index in [1.54, 1.807) is 6.07 Å². The molecule has 0 spiro atoms. The highest BCUT2D eigenvalue weighted by molar-refractivity contribution is 6.31. The van der Waals surface area contributed by atoms with Crippen molar-refractivity contribution in [2.45, 2.75) is 6.61 Å². The summed E-state index contributed by atoms with van der Waals surface area (Å²) < 4.78 is 18.7. The molecule has 2 aromatic rings. The fourth-order valence-corrected chi connectivity index (χ4v) is 1.86. The molecule has 0 amide bonds. The van der Waals surface area contributed by atoms with Crippen molar-refractivity contribution in [3.05, 3.63) is 63.4 Å². The van der Waals surface area contributed by atoms with Crippen molar-refractivity contribution in [1.29, 1.82) is 0 Å². The first-order chi connectivity index (χ1) is 9.47. The number of benzene rings is 2. The molecule has 0 bridgehead atoms. The molecule has 0 saturated carbocycles. The summed E-state index contributed by atoms with van der Waals surface area (Å²) in [6.45, 7) is 0.00864. The first kappa shape index (κ1) is 14.6. The molecular weight excluding hydrogens is 306 g/mol. The van der Waals surface area contributed by atoms with E-state index in [1.165, 1.54) is 30.3 Å². The molecule has 3 nitrogen and oxygen atoms in total. The van der Waals surface area contributed by atoms with Gasteiger partial charge < -0.3 is 9.84 Å². The molecule has 6 heteroatoms. The molecule has 1 N–H and O–H groups in total. The molecule has 0 unspecified atom stereocenters. The van der Waals surface area contributed by atoms with Crippen LogP contribution in [0, 0.1) is 5.82 Å². The number of aromatic carboxylic acids is 1. The molecule has 0 aliphatic rings. The van der Waals surface area contributed by atoms with E-state index in [0.29, 0.717) is 10.6 Å². The van der Waals surface area contributed by atoms with Gasteiger partial charge in [-0.2, -0.15) is 0 Å². The van der Waals surface area contributed by atoms with Gasteiger partial charge in [0.25, 0.3) is 0 Å². The zero-order chi connectivity index (χ0) is 14.7. The van der Waals surface area contributed by atoms with Crippen LogP contribution in [0.15, 0.2) is 36.4 Å². The largest absolute Gasteiger partial charge is 0.488 e. The van der Waals surface area contributed by atoms with E-state index in [2.05, 4.69) is 0 Å². The Morgan fingerprint density at radius 3 is 2.60 bits per heavy atom. The van der Waals surface area contributed by atoms with Crippen molar-refractivity contribution in [3.8, 4) is 5.75 Å². The molecule has 0 aliphatic heterocycles. The van der Waals surface area contributed by atoms with Gasteiger partial charge in [-0.1, -0.05) is 29.3 Å². The second-order valence-corrected chi connectivity index (χ2v) is 4.83. The minimum Gasteiger partial charge on any atom is -0.488 e. The van der Waals surface area contributed by atoms with E-state index < -0.39 is 11.8 Å². The topological polar surface area (TPSA) is 46.5 Å². The molecule has 0 fully saturated rings. The van der Waals surface area contributed by atoms with E-state index in [1.807, 2.05) is 0 Å². The summed E-state index contributed by atoms with van der Waals surface area (Å²) in [5.74, 6) is -1.56. The van der Waals surface area contributed by atoms with Crippen LogP contribution in [-0.2, 0) is 6.61 Å². The van der Waals surface area contributed by atoms with Gasteiger partial charge in [0.05, 0.1) is 5.02 Å². The molecule has 0 aromatic heterocycles. The summed E-state index contributed by atoms with van der Waals surface area (Å²) in [6.07, 6.45) is 0. The Bertz CT molecular complexity index is 659. The van der Waals surface area contributed by atoms with Gasteiger partial charge in [-0.05, 0) is 35.9 Å². The summed E-state index contributed by atoms with van der Waals surface area (Å²) in [4.78, 5) is 11.0. The average Bonchev–Trinajstić information content (AvgIpc) is 2.40. The lowest BCUT2D eigenvalue weighted by atomic mass is 10.2. The molecule has 2 aromatic carbocycles. The van der Waals surface area contributed by atoms with Crippen LogP contribution >= 0.6 is 23.2 Å². The maximum atomic E-state index is 13.3. The van der Waals surface area contributed by atoms with Gasteiger partial charge in [0, 0.05) is 5.02 Å². The van der Waals surface area contributed by atoms with Crippen LogP contribution in [0.4, 0.5) is 4.39 Å². The lowest BCUT2D eigenvalue weighted by Crippen LogP contribution is -2.03. The summed E-state index contributed by atoms with van der Waals surface area (Å²) in [5, 5.41) is 9.40. The number of ether oxygens (including phenoxy) is 1. The van der Waals surface area contributed by atoms with Crippen LogP contribution in [0.2, 0.25) is 10.0 Å². The van der Waals surface area contributed by atoms with Gasteiger partial charge >= 0.3 is 5.97 Å². The average molecular weight is 315 g/mol. The zero-order valence-corrected chi connectivity index (χ0v) is 11.6. The summed E-state index contributed by atoms with van der Waals surface area (Å²) in [5.41, 5.74) is 0.520. The number of carboxylic acid groups (broad SMARTS) is 1. The van der Waals surface area contributed by atoms with Crippen molar-refractivity contribution in [3.63, 3.8) is 0 Å². The molecule has 20 heavy (non-hydrogen) atoms. The third-order valence-corrected chi connectivity index (χ3v) is 3.09. The molecule has 2 rings (SSSR count). The molecule has 0 heterocycles. The third-order valence-electron chi connectivity index (χ3n) is 2.55. The van der Waals surface area contributed by atoms with Crippen LogP contribution in [0.25, 0.3) is 0 Å². The van der Waals surface area contributed by atoms with Crippen LogP contribution in [0.5, 0.6) is 5.75 Å². The summed E-state index contributed by atoms with van der Waals surface area (Å²) in [6, 6.07) is 8.44. The Balaban J connectivity index is 2.20. The molecule has 0 aliphatic carbocycles. The maximum Gasteiger partial charge on any atom is 0.339 e. The number of rotatable bonds is 4. The highest BCUT2D eigenvalue weighted by Gasteiger charge is 2.12. The monoisotopic (exact) mass is 314 g/mol. The first-order valence-electron chi connectivity index (χ1n) is 5.57. The second kappa shape index (κ2) is 6.11. The molecule has 0 atom stereocenters. The first-order valence-corrected chi connectivity index (χ1v) is 6.32. The fraction of sp³-hybridized carbons (Fsp3) is 0.0714. The van der Waals surface area contributed by atoms with Gasteiger partial charge in [-0.15, -0.1) is 0 Å². The summed E-state index contributed by atoms with van der Waals surface area (Å²) >= 11 is 11.4. The Morgan fingerprint density at radius 1 is 1.20 bits per heavy atom. The van der Waals surface area contributed by atoms with E-state index in [-0.39, 0.29) is 22.9 Å². The molecule has 0 radical (unpaired) electrons. The van der Waals surface area contributed by atoms with E-state index in [4.69, 9.17) is 33.0 Å². The number of hydrogen-bond acceptors (Lipinski definition) is 2. The SMILES string of the molecule is O=C(O)c1ccc(Cl)cc1OCc1ccc(Cl)c(F)c1. The van der Waals surface area contributed by atoms with Crippen LogP contribution < -0.4 is 4.74 Å². The van der Waals surface area contributed by atoms with E-state index in [9.17, 15) is 9.18 Å². The third kappa shape index (κ3) is 3.40. The minimum absolute atomic E-state index is 0.00864. The second-order valence-electron chi connectivity index (χ2n) is 3.98. The van der Waals surface area contributed by atoms with Gasteiger partial charge in [0.2, 0.25) is 0 Å². The van der Waals surface area contributed by atoms with Gasteiger partial charge in [0.1, 0.15) is 23.7 Å². The van der Waals surface area contributed by atoms with Gasteiger partial charge in [-0.25, -0.2) is 9.18 Å². The minimum atomic E-state index is -1.13. The van der Waals surface area contributed by atoms with Crippen molar-refractivity contribution in [1.82, 2.24) is 0 Å². The van der Waals surface area contributed by atoms with E-state index >= 15 is 0 Å². The lowest BCUT2D eigenvalue weighted by Gasteiger charge is -2.10. The summed E-state index contributed by atoms with van der Waals surface area (Å²) in [7, 11) is 0. The highest BCUT2D eigenvalue weighted by atomic mass is 35.5. The van der Waals surface area contributed by atoms with Gasteiger partial charge in [-0.3, -0.25) is 0 Å². The fourth-order valence-electron chi connectivity index (χ4n) is 1.58.